The van der Waals surface area contributed by atoms with Crippen LogP contribution in [0.5, 0.6) is 0 Å². The topological polar surface area (TPSA) is 128 Å². The van der Waals surface area contributed by atoms with Crippen molar-refractivity contribution in [2.75, 3.05) is 19.0 Å². The number of nitrogens with one attached hydrogen (secondary N) is 3. The number of aromatic nitrogens is 5. The van der Waals surface area contributed by atoms with Crippen LogP contribution in [-0.4, -0.2) is 62.7 Å². The summed E-state index contributed by atoms with van der Waals surface area (Å²) in [6.45, 7) is 3.38. The van der Waals surface area contributed by atoms with E-state index in [2.05, 4.69) is 30.8 Å². The predicted molar refractivity (Wildman–Crippen MR) is 113 cm³/mol. The van der Waals surface area contributed by atoms with E-state index in [4.69, 9.17) is 14.2 Å². The van der Waals surface area contributed by atoms with Crippen molar-refractivity contribution < 1.29 is 36.6 Å². The van der Waals surface area contributed by atoms with Crippen LogP contribution >= 0.6 is 0 Å². The summed E-state index contributed by atoms with van der Waals surface area (Å²) in [5, 5.41) is 11.8. The second-order valence-electron chi connectivity index (χ2n) is 8.13. The van der Waals surface area contributed by atoms with Crippen molar-refractivity contribution >= 4 is 23.5 Å². The van der Waals surface area contributed by atoms with Crippen LogP contribution in [-0.2, 0) is 27.0 Å². The largest absolute Gasteiger partial charge is 0.441 e. The highest BCUT2D eigenvalue weighted by Gasteiger charge is 2.42. The summed E-state index contributed by atoms with van der Waals surface area (Å²) in [5.74, 6) is -0.147. The first kappa shape index (κ1) is 24.7. The lowest BCUT2D eigenvalue weighted by Gasteiger charge is -2.16. The van der Waals surface area contributed by atoms with Crippen LogP contribution in [0.25, 0.3) is 5.65 Å². The smallest absolute Gasteiger partial charge is 0.433 e. The third kappa shape index (κ3) is 5.45. The molecule has 1 fully saturated rings. The van der Waals surface area contributed by atoms with Crippen LogP contribution in [0.2, 0.25) is 0 Å². The number of methoxy groups -OCH3 is 1. The van der Waals surface area contributed by atoms with Gasteiger partial charge in [0, 0.05) is 31.5 Å². The van der Waals surface area contributed by atoms with Gasteiger partial charge in [-0.15, -0.1) is 0 Å². The summed E-state index contributed by atoms with van der Waals surface area (Å²) in [6.07, 6.45) is -7.94. The van der Waals surface area contributed by atoms with Gasteiger partial charge in [0.15, 0.2) is 23.8 Å². The van der Waals surface area contributed by atoms with E-state index in [1.165, 1.54) is 23.8 Å². The van der Waals surface area contributed by atoms with Crippen LogP contribution in [0, 0.1) is 0 Å². The number of rotatable bonds is 7. The van der Waals surface area contributed by atoms with Gasteiger partial charge in [-0.25, -0.2) is 19.2 Å². The van der Waals surface area contributed by atoms with Gasteiger partial charge in [-0.3, -0.25) is 9.50 Å². The summed E-state index contributed by atoms with van der Waals surface area (Å²) in [6, 6.07) is 2.00. The molecular formula is C20H23F4N7O4. The highest BCUT2D eigenvalue weighted by molar-refractivity contribution is 5.67. The number of ether oxygens (including phenoxy) is 3. The number of hydrogen-bond donors (Lipinski definition) is 3. The monoisotopic (exact) mass is 501 g/mol. The molecule has 3 atom stereocenters. The van der Waals surface area contributed by atoms with E-state index in [9.17, 15) is 22.4 Å². The Morgan fingerprint density at radius 3 is 2.80 bits per heavy atom. The number of fused-ring (bicyclic) bond motifs is 1. The van der Waals surface area contributed by atoms with E-state index in [0.717, 1.165) is 6.07 Å². The lowest BCUT2D eigenvalue weighted by molar-refractivity contribution is -0.141. The quantitative estimate of drug-likeness (QED) is 0.421. The molecule has 35 heavy (non-hydrogen) atoms. The van der Waals surface area contributed by atoms with E-state index in [1.54, 1.807) is 13.8 Å². The number of imidazole rings is 1. The zero-order valence-electron chi connectivity index (χ0n) is 18.9. The first-order valence-corrected chi connectivity index (χ1v) is 10.6. The number of halogens is 4. The maximum Gasteiger partial charge on any atom is 0.433 e. The molecule has 3 N–H and O–H groups in total. The van der Waals surface area contributed by atoms with Gasteiger partial charge in [0.25, 0.3) is 0 Å². The lowest BCUT2D eigenvalue weighted by atomic mass is 10.1. The fourth-order valence-corrected chi connectivity index (χ4v) is 3.50. The van der Waals surface area contributed by atoms with Gasteiger partial charge in [-0.1, -0.05) is 0 Å². The number of carbonyl (C=O) groups is 1. The van der Waals surface area contributed by atoms with Crippen molar-refractivity contribution in [1.29, 1.82) is 0 Å². The molecule has 1 amide bonds. The molecule has 11 nitrogen and oxygen atoms in total. The first-order chi connectivity index (χ1) is 16.5. The lowest BCUT2D eigenvalue weighted by Crippen LogP contribution is -2.36. The Bertz CT molecular complexity index is 1200. The summed E-state index contributed by atoms with van der Waals surface area (Å²) < 4.78 is 71.8. The Kier molecular flexibility index (Phi) is 6.80. The molecule has 1 aliphatic heterocycles. The van der Waals surface area contributed by atoms with E-state index < -0.39 is 36.3 Å². The zero-order valence-corrected chi connectivity index (χ0v) is 18.9. The molecule has 0 spiro atoms. The molecular weight excluding hydrogens is 478 g/mol. The molecule has 0 bridgehead atoms. The van der Waals surface area contributed by atoms with E-state index in [-0.39, 0.29) is 42.4 Å². The molecule has 15 heteroatoms. The Morgan fingerprint density at radius 2 is 2.11 bits per heavy atom. The Balaban J connectivity index is 1.54. The minimum Gasteiger partial charge on any atom is -0.441 e. The van der Waals surface area contributed by atoms with E-state index in [1.807, 2.05) is 0 Å². The zero-order chi connectivity index (χ0) is 25.3. The number of nitrogens with zero attached hydrogens (tertiary/aromatic N) is 4. The third-order valence-corrected chi connectivity index (χ3v) is 4.98. The summed E-state index contributed by atoms with van der Waals surface area (Å²) >= 11 is 0. The van der Waals surface area contributed by atoms with Crippen LogP contribution in [0.1, 0.15) is 37.0 Å². The van der Waals surface area contributed by atoms with Gasteiger partial charge >= 0.3 is 12.3 Å². The van der Waals surface area contributed by atoms with Crippen LogP contribution < -0.4 is 10.6 Å². The van der Waals surface area contributed by atoms with Crippen molar-refractivity contribution in [2.45, 2.75) is 51.1 Å². The Hall–Kier alpha value is -3.46. The highest BCUT2D eigenvalue weighted by Crippen LogP contribution is 2.34. The number of H-pyrrole nitrogens is 1. The van der Waals surface area contributed by atoms with Crippen LogP contribution in [0.4, 0.5) is 34.1 Å². The van der Waals surface area contributed by atoms with Gasteiger partial charge in [-0.05, 0) is 13.8 Å². The molecule has 3 aromatic rings. The van der Waals surface area contributed by atoms with E-state index in [0.29, 0.717) is 5.69 Å². The van der Waals surface area contributed by atoms with Crippen molar-refractivity contribution in [2.24, 2.45) is 0 Å². The molecule has 1 aliphatic rings. The maximum atomic E-state index is 14.9. The molecule has 0 radical (unpaired) electrons. The Labute approximate surface area is 196 Å². The van der Waals surface area contributed by atoms with Gasteiger partial charge in [-0.2, -0.15) is 18.3 Å². The molecule has 190 valence electrons. The molecule has 0 unspecified atom stereocenters. The average Bonchev–Trinajstić information content (AvgIpc) is 3.46. The minimum atomic E-state index is -4.71. The number of amides is 1. The number of alkyl carbamates (subject to hydrolysis) is 1. The van der Waals surface area contributed by atoms with Crippen LogP contribution in [0.15, 0.2) is 18.3 Å². The van der Waals surface area contributed by atoms with Crippen LogP contribution in [0.3, 0.4) is 0 Å². The highest BCUT2D eigenvalue weighted by atomic mass is 19.4. The maximum absolute atomic E-state index is 14.9. The second kappa shape index (κ2) is 9.65. The molecule has 4 rings (SSSR count). The summed E-state index contributed by atoms with van der Waals surface area (Å²) in [7, 11) is 1.43. The molecule has 0 aliphatic carbocycles. The Morgan fingerprint density at radius 1 is 1.34 bits per heavy atom. The van der Waals surface area contributed by atoms with Gasteiger partial charge in [0.2, 0.25) is 5.95 Å². The van der Waals surface area contributed by atoms with Gasteiger partial charge in [0.05, 0.1) is 24.6 Å². The predicted octanol–water partition coefficient (Wildman–Crippen LogP) is 3.27. The number of hydrogen-bond acceptors (Lipinski definition) is 8. The molecule has 3 aromatic heterocycles. The average molecular weight is 501 g/mol. The number of carbonyl (C=O) groups excluding carboxylic acids is 1. The first-order valence-electron chi connectivity index (χ1n) is 10.6. The van der Waals surface area contributed by atoms with Crippen molar-refractivity contribution in [1.82, 2.24) is 29.9 Å². The molecule has 4 heterocycles. The minimum absolute atomic E-state index is 0.000229. The molecule has 0 saturated carbocycles. The SMILES string of the molecule is COCc1cn2c(Nc3cc([C@H]4OC[C@@H](OC(=O)NC(C)C)[C@@H]4F)[nH]n3)nc(C(F)(F)F)cc2n1. The summed E-state index contributed by atoms with van der Waals surface area (Å²) in [4.78, 5) is 19.5. The van der Waals surface area contributed by atoms with Crippen molar-refractivity contribution in [3.05, 3.63) is 35.4 Å². The molecule has 0 aromatic carbocycles. The van der Waals surface area contributed by atoms with Gasteiger partial charge in [0.1, 0.15) is 11.8 Å². The van der Waals surface area contributed by atoms with Gasteiger partial charge < -0.3 is 24.8 Å². The normalized spacial score (nSPS) is 20.5. The number of alkyl halides is 4. The number of aromatic amines is 1. The second-order valence-corrected chi connectivity index (χ2v) is 8.13. The fraction of sp³-hybridized carbons (Fsp3) is 0.500. The number of anilines is 2. The van der Waals surface area contributed by atoms with E-state index >= 15 is 0 Å². The van der Waals surface area contributed by atoms with Crippen molar-refractivity contribution in [3.63, 3.8) is 0 Å². The molecule has 1 saturated heterocycles. The fourth-order valence-electron chi connectivity index (χ4n) is 3.50. The standard InChI is InChI=1S/C20H23F4N7O4/c1-9(2)25-19(32)35-12-8-34-17(16(12)21)11-4-14(30-29-11)28-18-27-13(20(22,23)24)5-15-26-10(7-33-3)6-31(15)18/h4-6,9,12,16-17H,7-8H2,1-3H3,(H,25,32)(H2,27,28,29,30)/t12-,16+,17-/m1/s1. The van der Waals surface area contributed by atoms with Crippen molar-refractivity contribution in [3.8, 4) is 0 Å². The summed E-state index contributed by atoms with van der Waals surface area (Å²) in [5.41, 5.74) is -0.559. The third-order valence-electron chi connectivity index (χ3n) is 4.98.